The molecule has 120 valence electrons. The molecular weight excluding hydrogens is 292 g/mol. The van der Waals surface area contributed by atoms with Crippen LogP contribution in [0.5, 0.6) is 5.75 Å². The van der Waals surface area contributed by atoms with Gasteiger partial charge >= 0.3 is 0 Å². The molecule has 1 aromatic heterocycles. The van der Waals surface area contributed by atoms with Crippen LogP contribution < -0.4 is 15.0 Å². The molecule has 0 saturated carbocycles. The van der Waals surface area contributed by atoms with Gasteiger partial charge in [-0.2, -0.15) is 0 Å². The van der Waals surface area contributed by atoms with E-state index < -0.39 is 0 Å². The van der Waals surface area contributed by atoms with E-state index in [2.05, 4.69) is 20.2 Å². The lowest BCUT2D eigenvalue weighted by molar-refractivity contribution is -0.120. The van der Waals surface area contributed by atoms with Crippen LogP contribution in [0.4, 0.5) is 11.6 Å². The van der Waals surface area contributed by atoms with Crippen molar-refractivity contribution >= 4 is 17.5 Å². The lowest BCUT2D eigenvalue weighted by Gasteiger charge is -2.31. The van der Waals surface area contributed by atoms with Crippen LogP contribution in [0.1, 0.15) is 12.8 Å². The predicted molar refractivity (Wildman–Crippen MR) is 88.6 cm³/mol. The van der Waals surface area contributed by atoms with E-state index in [9.17, 15) is 4.79 Å². The minimum Gasteiger partial charge on any atom is -0.497 e. The molecule has 2 heterocycles. The lowest BCUT2D eigenvalue weighted by Crippen LogP contribution is -2.41. The Kier molecular flexibility index (Phi) is 4.71. The zero-order chi connectivity index (χ0) is 16.1. The van der Waals surface area contributed by atoms with E-state index in [-0.39, 0.29) is 11.8 Å². The fourth-order valence-corrected chi connectivity index (χ4v) is 2.77. The number of nitrogens with zero attached hydrogens (tertiary/aromatic N) is 3. The molecule has 1 atom stereocenters. The van der Waals surface area contributed by atoms with Crippen LogP contribution in [0, 0.1) is 5.92 Å². The highest BCUT2D eigenvalue weighted by molar-refractivity contribution is 5.93. The topological polar surface area (TPSA) is 67.3 Å². The van der Waals surface area contributed by atoms with Crippen molar-refractivity contribution < 1.29 is 9.53 Å². The highest BCUT2D eigenvalue weighted by atomic mass is 16.5. The smallest absolute Gasteiger partial charge is 0.229 e. The summed E-state index contributed by atoms with van der Waals surface area (Å²) in [4.78, 5) is 23.1. The summed E-state index contributed by atoms with van der Waals surface area (Å²) in [5, 5.41) is 2.97. The first-order valence-corrected chi connectivity index (χ1v) is 7.73. The Hall–Kier alpha value is -2.63. The fraction of sp³-hybridized carbons (Fsp3) is 0.353. The monoisotopic (exact) mass is 312 g/mol. The Bertz CT molecular complexity index is 663. The number of anilines is 2. The third-order valence-electron chi connectivity index (χ3n) is 3.96. The number of benzene rings is 1. The number of hydrogen-bond acceptors (Lipinski definition) is 5. The van der Waals surface area contributed by atoms with Gasteiger partial charge in [-0.1, -0.05) is 6.07 Å². The number of carbonyl (C=O) groups excluding carboxylic acids is 1. The van der Waals surface area contributed by atoms with Crippen molar-refractivity contribution in [2.45, 2.75) is 12.8 Å². The minimum atomic E-state index is -0.0706. The second kappa shape index (κ2) is 7.09. The van der Waals surface area contributed by atoms with Crippen LogP contribution in [-0.2, 0) is 4.79 Å². The Morgan fingerprint density at radius 2 is 2.13 bits per heavy atom. The van der Waals surface area contributed by atoms with Gasteiger partial charge in [0, 0.05) is 37.2 Å². The molecule has 1 aliphatic heterocycles. The molecule has 1 amide bonds. The maximum atomic E-state index is 12.5. The second-order valence-electron chi connectivity index (χ2n) is 5.56. The van der Waals surface area contributed by atoms with E-state index in [4.69, 9.17) is 4.74 Å². The van der Waals surface area contributed by atoms with E-state index in [0.717, 1.165) is 30.8 Å². The van der Waals surface area contributed by atoms with Crippen LogP contribution in [0.15, 0.2) is 42.7 Å². The summed E-state index contributed by atoms with van der Waals surface area (Å²) >= 11 is 0. The number of ether oxygens (including phenoxy) is 1. The van der Waals surface area contributed by atoms with Crippen molar-refractivity contribution in [2.75, 3.05) is 30.4 Å². The van der Waals surface area contributed by atoms with Crippen LogP contribution in [0.3, 0.4) is 0 Å². The van der Waals surface area contributed by atoms with E-state index in [1.54, 1.807) is 25.6 Å². The summed E-state index contributed by atoms with van der Waals surface area (Å²) < 4.78 is 5.18. The van der Waals surface area contributed by atoms with Crippen molar-refractivity contribution in [3.63, 3.8) is 0 Å². The third kappa shape index (κ3) is 3.77. The van der Waals surface area contributed by atoms with E-state index in [1.807, 2.05) is 24.3 Å². The Morgan fingerprint density at radius 1 is 1.30 bits per heavy atom. The predicted octanol–water partition coefficient (Wildman–Crippen LogP) is 2.34. The molecule has 1 aliphatic rings. The molecule has 1 saturated heterocycles. The van der Waals surface area contributed by atoms with Crippen molar-refractivity contribution in [2.24, 2.45) is 5.92 Å². The van der Waals surface area contributed by atoms with Gasteiger partial charge in [0.15, 0.2) is 0 Å². The zero-order valence-electron chi connectivity index (χ0n) is 13.1. The summed E-state index contributed by atoms with van der Waals surface area (Å²) in [5.41, 5.74) is 0.752. The molecule has 0 unspecified atom stereocenters. The summed E-state index contributed by atoms with van der Waals surface area (Å²) in [6.45, 7) is 1.52. The molecule has 1 aromatic carbocycles. The number of piperidine rings is 1. The van der Waals surface area contributed by atoms with Crippen LogP contribution in [-0.4, -0.2) is 36.1 Å². The first-order valence-electron chi connectivity index (χ1n) is 7.73. The van der Waals surface area contributed by atoms with Crippen molar-refractivity contribution in [1.29, 1.82) is 0 Å². The molecule has 1 N–H and O–H groups in total. The maximum Gasteiger partial charge on any atom is 0.229 e. The van der Waals surface area contributed by atoms with Crippen molar-refractivity contribution in [3.8, 4) is 5.75 Å². The second-order valence-corrected chi connectivity index (χ2v) is 5.56. The molecule has 0 spiro atoms. The molecule has 6 nitrogen and oxygen atoms in total. The molecule has 0 aliphatic carbocycles. The highest BCUT2D eigenvalue weighted by Crippen LogP contribution is 2.22. The molecular formula is C17H20N4O2. The average molecular weight is 312 g/mol. The van der Waals surface area contributed by atoms with Crippen molar-refractivity contribution in [1.82, 2.24) is 9.97 Å². The van der Waals surface area contributed by atoms with Crippen LogP contribution in [0.25, 0.3) is 0 Å². The number of methoxy groups -OCH3 is 1. The largest absolute Gasteiger partial charge is 0.497 e. The van der Waals surface area contributed by atoms with Gasteiger partial charge in [0.05, 0.1) is 13.0 Å². The number of carbonyl (C=O) groups is 1. The molecule has 6 heteroatoms. The van der Waals surface area contributed by atoms with Gasteiger partial charge in [0.25, 0.3) is 0 Å². The van der Waals surface area contributed by atoms with Gasteiger partial charge in [-0.05, 0) is 31.0 Å². The van der Waals surface area contributed by atoms with Crippen molar-refractivity contribution in [3.05, 3.63) is 42.7 Å². The first kappa shape index (κ1) is 15.3. The molecule has 3 rings (SSSR count). The average Bonchev–Trinajstić information content (AvgIpc) is 2.63. The number of rotatable bonds is 4. The standard InChI is InChI=1S/C17H20N4O2/c1-23-15-7-2-6-14(11-15)20-16(22)13-5-3-10-21(12-13)17-18-8-4-9-19-17/h2,4,6-9,11,13H,3,5,10,12H2,1H3,(H,20,22)/t13-/m0/s1. The number of nitrogens with one attached hydrogen (secondary N) is 1. The molecule has 0 radical (unpaired) electrons. The Balaban J connectivity index is 1.65. The first-order chi connectivity index (χ1) is 11.3. The third-order valence-corrected chi connectivity index (χ3v) is 3.96. The summed E-state index contributed by atoms with van der Waals surface area (Å²) in [5.74, 6) is 1.37. The number of aromatic nitrogens is 2. The van der Waals surface area contributed by atoms with Gasteiger partial charge in [0.2, 0.25) is 11.9 Å². The SMILES string of the molecule is COc1cccc(NC(=O)[C@H]2CCCN(c3ncccn3)C2)c1. The van der Waals surface area contributed by atoms with Gasteiger partial charge in [-0.15, -0.1) is 0 Å². The van der Waals surface area contributed by atoms with Gasteiger partial charge in [0.1, 0.15) is 5.75 Å². The van der Waals surface area contributed by atoms with Gasteiger partial charge in [-0.3, -0.25) is 4.79 Å². The summed E-state index contributed by atoms with van der Waals surface area (Å²) in [6.07, 6.45) is 5.28. The quantitative estimate of drug-likeness (QED) is 0.938. The maximum absolute atomic E-state index is 12.5. The normalized spacial score (nSPS) is 17.6. The van der Waals surface area contributed by atoms with Gasteiger partial charge in [-0.25, -0.2) is 9.97 Å². The molecule has 0 bridgehead atoms. The highest BCUT2D eigenvalue weighted by Gasteiger charge is 2.27. The number of hydrogen-bond donors (Lipinski definition) is 1. The zero-order valence-corrected chi connectivity index (χ0v) is 13.1. The summed E-state index contributed by atoms with van der Waals surface area (Å²) in [7, 11) is 1.61. The molecule has 1 fully saturated rings. The lowest BCUT2D eigenvalue weighted by atomic mass is 9.97. The molecule has 2 aromatic rings. The summed E-state index contributed by atoms with van der Waals surface area (Å²) in [6, 6.07) is 9.19. The Labute approximate surface area is 135 Å². The van der Waals surface area contributed by atoms with E-state index in [0.29, 0.717) is 12.5 Å². The van der Waals surface area contributed by atoms with E-state index in [1.165, 1.54) is 0 Å². The number of amides is 1. The van der Waals surface area contributed by atoms with Gasteiger partial charge < -0.3 is 15.0 Å². The molecule has 23 heavy (non-hydrogen) atoms. The Morgan fingerprint density at radius 3 is 2.91 bits per heavy atom. The minimum absolute atomic E-state index is 0.0267. The van der Waals surface area contributed by atoms with E-state index >= 15 is 0 Å². The van der Waals surface area contributed by atoms with Crippen LogP contribution in [0.2, 0.25) is 0 Å². The fourth-order valence-electron chi connectivity index (χ4n) is 2.77. The van der Waals surface area contributed by atoms with Crippen LogP contribution >= 0.6 is 0 Å².